The van der Waals surface area contributed by atoms with Gasteiger partial charge < -0.3 is 10.1 Å². The summed E-state index contributed by atoms with van der Waals surface area (Å²) in [5.41, 5.74) is 0. The van der Waals surface area contributed by atoms with E-state index in [1.807, 2.05) is 11.3 Å². The minimum absolute atomic E-state index is 0.345. The SMILES string of the molecule is CC(C)OCCCNCCN(Cc1cccs1)C(C)C. The molecule has 0 unspecified atom stereocenters. The lowest BCUT2D eigenvalue weighted by Gasteiger charge is -2.26. The van der Waals surface area contributed by atoms with Crippen molar-refractivity contribution >= 4 is 11.3 Å². The van der Waals surface area contributed by atoms with Crippen LogP contribution < -0.4 is 5.32 Å². The fraction of sp³-hybridized carbons (Fsp3) is 0.750. The maximum atomic E-state index is 5.53. The number of rotatable bonds is 11. The van der Waals surface area contributed by atoms with Crippen molar-refractivity contribution in [3.05, 3.63) is 22.4 Å². The lowest BCUT2D eigenvalue weighted by molar-refractivity contribution is 0.0769. The Labute approximate surface area is 128 Å². The van der Waals surface area contributed by atoms with Gasteiger partial charge in [-0.3, -0.25) is 4.90 Å². The van der Waals surface area contributed by atoms with Crippen LogP contribution in [0.2, 0.25) is 0 Å². The Balaban J connectivity index is 2.10. The van der Waals surface area contributed by atoms with E-state index in [9.17, 15) is 0 Å². The largest absolute Gasteiger partial charge is 0.379 e. The quantitative estimate of drug-likeness (QED) is 0.634. The first-order chi connectivity index (χ1) is 9.59. The first kappa shape index (κ1) is 17.6. The van der Waals surface area contributed by atoms with Gasteiger partial charge in [0, 0.05) is 37.2 Å². The summed E-state index contributed by atoms with van der Waals surface area (Å²) in [7, 11) is 0. The number of hydrogen-bond donors (Lipinski definition) is 1. The van der Waals surface area contributed by atoms with Gasteiger partial charge in [-0.05, 0) is 52.1 Å². The average Bonchev–Trinajstić information content (AvgIpc) is 2.88. The predicted octanol–water partition coefficient (Wildman–Crippen LogP) is 3.36. The van der Waals surface area contributed by atoms with Crippen molar-refractivity contribution in [3.63, 3.8) is 0 Å². The molecule has 4 heteroatoms. The molecule has 0 spiro atoms. The average molecular weight is 298 g/mol. The third kappa shape index (κ3) is 8.00. The number of hydrogen-bond acceptors (Lipinski definition) is 4. The Bertz CT molecular complexity index is 325. The molecule has 0 aliphatic carbocycles. The lowest BCUT2D eigenvalue weighted by Crippen LogP contribution is -2.36. The van der Waals surface area contributed by atoms with Gasteiger partial charge in [0.05, 0.1) is 6.10 Å². The molecule has 20 heavy (non-hydrogen) atoms. The third-order valence-electron chi connectivity index (χ3n) is 3.19. The van der Waals surface area contributed by atoms with E-state index in [2.05, 4.69) is 55.4 Å². The van der Waals surface area contributed by atoms with Crippen LogP contribution in [-0.4, -0.2) is 43.3 Å². The Morgan fingerprint density at radius 1 is 1.25 bits per heavy atom. The predicted molar refractivity (Wildman–Crippen MR) is 88.4 cm³/mol. The molecule has 0 amide bonds. The summed E-state index contributed by atoms with van der Waals surface area (Å²) in [4.78, 5) is 3.97. The molecule has 0 aromatic carbocycles. The molecule has 1 N–H and O–H groups in total. The molecule has 0 bridgehead atoms. The highest BCUT2D eigenvalue weighted by Crippen LogP contribution is 2.13. The van der Waals surface area contributed by atoms with E-state index < -0.39 is 0 Å². The van der Waals surface area contributed by atoms with E-state index in [1.54, 1.807) is 0 Å². The van der Waals surface area contributed by atoms with Gasteiger partial charge in [0.15, 0.2) is 0 Å². The normalized spacial score (nSPS) is 11.9. The minimum atomic E-state index is 0.345. The molecule has 0 saturated carbocycles. The van der Waals surface area contributed by atoms with Crippen LogP contribution in [0.15, 0.2) is 17.5 Å². The van der Waals surface area contributed by atoms with E-state index >= 15 is 0 Å². The van der Waals surface area contributed by atoms with E-state index in [-0.39, 0.29) is 0 Å². The molecule has 1 aromatic rings. The third-order valence-corrected chi connectivity index (χ3v) is 4.06. The summed E-state index contributed by atoms with van der Waals surface area (Å²) >= 11 is 1.84. The molecular formula is C16H30N2OS. The summed E-state index contributed by atoms with van der Waals surface area (Å²) in [6, 6.07) is 4.94. The van der Waals surface area contributed by atoms with Crippen LogP contribution in [0.1, 0.15) is 39.0 Å². The maximum absolute atomic E-state index is 5.53. The topological polar surface area (TPSA) is 24.5 Å². The molecule has 0 saturated heterocycles. The van der Waals surface area contributed by atoms with Crippen molar-refractivity contribution in [2.75, 3.05) is 26.2 Å². The van der Waals surface area contributed by atoms with Crippen molar-refractivity contribution in [1.29, 1.82) is 0 Å². The van der Waals surface area contributed by atoms with Crippen LogP contribution in [0.25, 0.3) is 0 Å². The Morgan fingerprint density at radius 3 is 2.65 bits per heavy atom. The van der Waals surface area contributed by atoms with Crippen molar-refractivity contribution in [2.24, 2.45) is 0 Å². The van der Waals surface area contributed by atoms with Gasteiger partial charge in [-0.25, -0.2) is 0 Å². The zero-order valence-electron chi connectivity index (χ0n) is 13.4. The first-order valence-electron chi connectivity index (χ1n) is 7.68. The second-order valence-electron chi connectivity index (χ2n) is 5.67. The second-order valence-corrected chi connectivity index (χ2v) is 6.70. The van der Waals surface area contributed by atoms with Crippen LogP contribution in [-0.2, 0) is 11.3 Å². The number of ether oxygens (including phenoxy) is 1. The van der Waals surface area contributed by atoms with E-state index in [0.29, 0.717) is 12.1 Å². The summed E-state index contributed by atoms with van der Waals surface area (Å²) in [5.74, 6) is 0. The summed E-state index contributed by atoms with van der Waals surface area (Å²) in [6.07, 6.45) is 1.43. The number of thiophene rings is 1. The number of nitrogens with one attached hydrogen (secondary N) is 1. The highest BCUT2D eigenvalue weighted by molar-refractivity contribution is 7.09. The van der Waals surface area contributed by atoms with E-state index in [4.69, 9.17) is 4.74 Å². The van der Waals surface area contributed by atoms with Crippen molar-refractivity contribution in [2.45, 2.75) is 52.8 Å². The molecule has 0 radical (unpaired) electrons. The molecule has 3 nitrogen and oxygen atoms in total. The van der Waals surface area contributed by atoms with Gasteiger partial charge in [-0.2, -0.15) is 0 Å². The second kappa shape index (κ2) is 10.3. The molecular weight excluding hydrogens is 268 g/mol. The van der Waals surface area contributed by atoms with Gasteiger partial charge in [0.25, 0.3) is 0 Å². The first-order valence-corrected chi connectivity index (χ1v) is 8.56. The Kier molecular flexibility index (Phi) is 9.10. The molecule has 0 atom stereocenters. The zero-order chi connectivity index (χ0) is 14.8. The monoisotopic (exact) mass is 298 g/mol. The van der Waals surface area contributed by atoms with E-state index in [0.717, 1.165) is 39.2 Å². The highest BCUT2D eigenvalue weighted by Gasteiger charge is 2.10. The fourth-order valence-corrected chi connectivity index (χ4v) is 2.72. The molecule has 0 aliphatic heterocycles. The highest BCUT2D eigenvalue weighted by atomic mass is 32.1. The lowest BCUT2D eigenvalue weighted by atomic mass is 10.3. The maximum Gasteiger partial charge on any atom is 0.0518 e. The summed E-state index contributed by atoms with van der Waals surface area (Å²) in [6.45, 7) is 13.8. The Morgan fingerprint density at radius 2 is 2.05 bits per heavy atom. The van der Waals surface area contributed by atoms with Gasteiger partial charge in [-0.1, -0.05) is 6.07 Å². The van der Waals surface area contributed by atoms with Gasteiger partial charge in [0.2, 0.25) is 0 Å². The standard InChI is InChI=1S/C16H30N2OS/c1-14(2)18(13-16-7-5-12-20-16)10-9-17-8-6-11-19-15(3)4/h5,7,12,14-15,17H,6,8-11,13H2,1-4H3. The summed E-state index contributed by atoms with van der Waals surface area (Å²) in [5, 5.41) is 5.66. The minimum Gasteiger partial charge on any atom is -0.379 e. The molecule has 0 aliphatic rings. The molecule has 1 rings (SSSR count). The van der Waals surface area contributed by atoms with Gasteiger partial charge >= 0.3 is 0 Å². The molecule has 1 aromatic heterocycles. The van der Waals surface area contributed by atoms with Crippen LogP contribution >= 0.6 is 11.3 Å². The van der Waals surface area contributed by atoms with Crippen LogP contribution in [0.4, 0.5) is 0 Å². The molecule has 1 heterocycles. The Hall–Kier alpha value is -0.420. The van der Waals surface area contributed by atoms with Gasteiger partial charge in [0.1, 0.15) is 0 Å². The van der Waals surface area contributed by atoms with Crippen LogP contribution in [0, 0.1) is 0 Å². The summed E-state index contributed by atoms with van der Waals surface area (Å²) < 4.78 is 5.53. The van der Waals surface area contributed by atoms with Crippen molar-refractivity contribution in [3.8, 4) is 0 Å². The van der Waals surface area contributed by atoms with Gasteiger partial charge in [-0.15, -0.1) is 11.3 Å². The van der Waals surface area contributed by atoms with Crippen LogP contribution in [0.3, 0.4) is 0 Å². The number of nitrogens with zero attached hydrogens (tertiary/aromatic N) is 1. The van der Waals surface area contributed by atoms with E-state index in [1.165, 1.54) is 4.88 Å². The van der Waals surface area contributed by atoms with Crippen molar-refractivity contribution in [1.82, 2.24) is 10.2 Å². The fourth-order valence-electron chi connectivity index (χ4n) is 1.99. The van der Waals surface area contributed by atoms with Crippen LogP contribution in [0.5, 0.6) is 0 Å². The van der Waals surface area contributed by atoms with Crippen molar-refractivity contribution < 1.29 is 4.74 Å². The molecule has 0 fully saturated rings. The smallest absolute Gasteiger partial charge is 0.0518 e. The molecule has 116 valence electrons. The zero-order valence-corrected chi connectivity index (χ0v) is 14.2.